The van der Waals surface area contributed by atoms with Crippen LogP contribution in [0.5, 0.6) is 0 Å². The average molecular weight is 369 g/mol. The Labute approximate surface area is 157 Å². The van der Waals surface area contributed by atoms with Crippen molar-refractivity contribution in [1.82, 2.24) is 24.6 Å². The third-order valence-corrected chi connectivity index (χ3v) is 5.60. The molecule has 1 amide bonds. The standard InChI is InChI=1S/C20H24FN5O/c1-12-15(13(2)25(3)24-12)7-9-19(27)26-10-4-5-18(26)20-22-16-8-6-14(21)11-17(16)23-20/h6,8,11,18H,4-5,7,9-10H2,1-3H3,(H,22,23)/t18-/m0/s1. The second-order valence-electron chi connectivity index (χ2n) is 7.30. The molecule has 0 bridgehead atoms. The Morgan fingerprint density at radius 2 is 2.19 bits per heavy atom. The molecule has 2 aromatic heterocycles. The molecule has 3 aromatic rings. The van der Waals surface area contributed by atoms with Gasteiger partial charge in [0, 0.05) is 25.7 Å². The van der Waals surface area contributed by atoms with Crippen molar-refractivity contribution in [3.05, 3.63) is 46.8 Å². The molecule has 7 heteroatoms. The van der Waals surface area contributed by atoms with E-state index in [2.05, 4.69) is 15.1 Å². The quantitative estimate of drug-likeness (QED) is 0.767. The summed E-state index contributed by atoms with van der Waals surface area (Å²) in [6, 6.07) is 4.45. The Balaban J connectivity index is 1.50. The van der Waals surface area contributed by atoms with E-state index < -0.39 is 0 Å². The second-order valence-corrected chi connectivity index (χ2v) is 7.30. The van der Waals surface area contributed by atoms with E-state index in [1.54, 1.807) is 6.07 Å². The van der Waals surface area contributed by atoms with Gasteiger partial charge in [-0.3, -0.25) is 9.48 Å². The van der Waals surface area contributed by atoms with Gasteiger partial charge in [0.05, 0.1) is 22.8 Å². The largest absolute Gasteiger partial charge is 0.340 e. The van der Waals surface area contributed by atoms with Gasteiger partial charge in [-0.25, -0.2) is 9.37 Å². The van der Waals surface area contributed by atoms with E-state index in [0.717, 1.165) is 47.7 Å². The molecular formula is C20H24FN5O. The topological polar surface area (TPSA) is 66.8 Å². The van der Waals surface area contributed by atoms with Crippen LogP contribution in [0.1, 0.15) is 48.1 Å². The molecule has 0 unspecified atom stereocenters. The van der Waals surface area contributed by atoms with E-state index in [1.807, 2.05) is 30.5 Å². The van der Waals surface area contributed by atoms with Crippen LogP contribution in [0.15, 0.2) is 18.2 Å². The molecule has 1 aromatic carbocycles. The fourth-order valence-electron chi connectivity index (χ4n) is 4.06. The number of hydrogen-bond donors (Lipinski definition) is 1. The summed E-state index contributed by atoms with van der Waals surface area (Å²) in [5.41, 5.74) is 4.65. The minimum Gasteiger partial charge on any atom is -0.340 e. The lowest BCUT2D eigenvalue weighted by Gasteiger charge is -2.23. The number of amides is 1. The zero-order chi connectivity index (χ0) is 19.1. The maximum absolute atomic E-state index is 13.4. The highest BCUT2D eigenvalue weighted by atomic mass is 19.1. The molecule has 1 fully saturated rings. The maximum Gasteiger partial charge on any atom is 0.223 e. The first-order valence-corrected chi connectivity index (χ1v) is 9.37. The van der Waals surface area contributed by atoms with Crippen molar-refractivity contribution in [3.8, 4) is 0 Å². The molecule has 6 nitrogen and oxygen atoms in total. The predicted molar refractivity (Wildman–Crippen MR) is 101 cm³/mol. The van der Waals surface area contributed by atoms with E-state index in [1.165, 1.54) is 12.1 Å². The Bertz CT molecular complexity index is 1010. The minimum atomic E-state index is -0.292. The normalized spacial score (nSPS) is 17.2. The summed E-state index contributed by atoms with van der Waals surface area (Å²) < 4.78 is 15.3. The fraction of sp³-hybridized carbons (Fsp3) is 0.450. The van der Waals surface area contributed by atoms with Gasteiger partial charge in [0.15, 0.2) is 0 Å². The first-order chi connectivity index (χ1) is 12.9. The number of nitrogens with zero attached hydrogens (tertiary/aromatic N) is 4. The van der Waals surface area contributed by atoms with Gasteiger partial charge in [-0.15, -0.1) is 0 Å². The Hall–Kier alpha value is -2.70. The van der Waals surface area contributed by atoms with Crippen LogP contribution in [0.25, 0.3) is 11.0 Å². The van der Waals surface area contributed by atoms with Crippen LogP contribution in [0.3, 0.4) is 0 Å². The number of nitrogens with one attached hydrogen (secondary N) is 1. The van der Waals surface area contributed by atoms with Gasteiger partial charge in [-0.2, -0.15) is 5.10 Å². The highest BCUT2D eigenvalue weighted by Crippen LogP contribution is 2.32. The van der Waals surface area contributed by atoms with Crippen molar-refractivity contribution >= 4 is 16.9 Å². The fourth-order valence-corrected chi connectivity index (χ4v) is 4.06. The van der Waals surface area contributed by atoms with E-state index >= 15 is 0 Å². The summed E-state index contributed by atoms with van der Waals surface area (Å²) in [5.74, 6) is 0.584. The highest BCUT2D eigenvalue weighted by molar-refractivity contribution is 5.78. The molecular weight excluding hydrogens is 345 g/mol. The maximum atomic E-state index is 13.4. The van der Waals surface area contributed by atoms with Gasteiger partial charge in [0.2, 0.25) is 5.91 Å². The summed E-state index contributed by atoms with van der Waals surface area (Å²) in [4.78, 5) is 22.6. The summed E-state index contributed by atoms with van der Waals surface area (Å²) >= 11 is 0. The van der Waals surface area contributed by atoms with E-state index in [-0.39, 0.29) is 17.8 Å². The number of aryl methyl sites for hydroxylation is 2. The highest BCUT2D eigenvalue weighted by Gasteiger charge is 2.32. The lowest BCUT2D eigenvalue weighted by atomic mass is 10.1. The first kappa shape index (κ1) is 17.7. The number of hydrogen-bond acceptors (Lipinski definition) is 3. The molecule has 27 heavy (non-hydrogen) atoms. The van der Waals surface area contributed by atoms with Crippen LogP contribution in [0.4, 0.5) is 4.39 Å². The Morgan fingerprint density at radius 1 is 1.37 bits per heavy atom. The van der Waals surface area contributed by atoms with Crippen LogP contribution >= 0.6 is 0 Å². The first-order valence-electron chi connectivity index (χ1n) is 9.37. The number of aromatic nitrogens is 4. The summed E-state index contributed by atoms with van der Waals surface area (Å²) in [5, 5.41) is 4.43. The number of carbonyl (C=O) groups excluding carboxylic acids is 1. The monoisotopic (exact) mass is 369 g/mol. The number of imidazole rings is 1. The molecule has 1 saturated heterocycles. The molecule has 4 rings (SSSR count). The van der Waals surface area contributed by atoms with Gasteiger partial charge in [-0.1, -0.05) is 0 Å². The van der Waals surface area contributed by atoms with Crippen LogP contribution in [0.2, 0.25) is 0 Å². The summed E-state index contributed by atoms with van der Waals surface area (Å²) in [6.45, 7) is 4.75. The summed E-state index contributed by atoms with van der Waals surface area (Å²) in [7, 11) is 1.93. The lowest BCUT2D eigenvalue weighted by Crippen LogP contribution is -2.31. The van der Waals surface area contributed by atoms with Crippen LogP contribution in [-0.2, 0) is 18.3 Å². The number of carbonyl (C=O) groups is 1. The van der Waals surface area contributed by atoms with E-state index in [0.29, 0.717) is 18.4 Å². The number of fused-ring (bicyclic) bond motifs is 1. The van der Waals surface area contributed by atoms with E-state index in [9.17, 15) is 9.18 Å². The Kier molecular flexibility index (Phi) is 4.45. The van der Waals surface area contributed by atoms with Crippen molar-refractivity contribution in [2.45, 2.75) is 45.6 Å². The number of H-pyrrole nitrogens is 1. The molecule has 0 spiro atoms. The van der Waals surface area contributed by atoms with Crippen LogP contribution in [0, 0.1) is 19.7 Å². The number of halogens is 1. The van der Waals surface area contributed by atoms with Crippen molar-refractivity contribution in [2.75, 3.05) is 6.54 Å². The zero-order valence-electron chi connectivity index (χ0n) is 15.9. The van der Waals surface area contributed by atoms with E-state index in [4.69, 9.17) is 0 Å². The van der Waals surface area contributed by atoms with Crippen molar-refractivity contribution < 1.29 is 9.18 Å². The predicted octanol–water partition coefficient (Wildman–Crippen LogP) is 3.35. The van der Waals surface area contributed by atoms with Crippen LogP contribution in [-0.4, -0.2) is 37.1 Å². The summed E-state index contributed by atoms with van der Waals surface area (Å²) in [6.07, 6.45) is 2.98. The molecule has 1 N–H and O–H groups in total. The molecule has 1 atom stereocenters. The number of likely N-dealkylation sites (tertiary alicyclic amines) is 1. The smallest absolute Gasteiger partial charge is 0.223 e. The third kappa shape index (κ3) is 3.22. The molecule has 142 valence electrons. The Morgan fingerprint density at radius 3 is 2.93 bits per heavy atom. The zero-order valence-corrected chi connectivity index (χ0v) is 15.9. The minimum absolute atomic E-state index is 0.0657. The molecule has 1 aliphatic heterocycles. The molecule has 0 aliphatic carbocycles. The van der Waals surface area contributed by atoms with Crippen LogP contribution < -0.4 is 0 Å². The van der Waals surface area contributed by atoms with Gasteiger partial charge < -0.3 is 9.88 Å². The van der Waals surface area contributed by atoms with Gasteiger partial charge >= 0.3 is 0 Å². The molecule has 0 saturated carbocycles. The SMILES string of the molecule is Cc1nn(C)c(C)c1CCC(=O)N1CCC[C@H]1c1nc2ccc(F)cc2[nH]1. The number of benzene rings is 1. The molecule has 3 heterocycles. The number of aromatic amines is 1. The van der Waals surface area contributed by atoms with Crippen molar-refractivity contribution in [2.24, 2.45) is 7.05 Å². The lowest BCUT2D eigenvalue weighted by molar-refractivity contribution is -0.132. The molecule has 0 radical (unpaired) electrons. The molecule has 1 aliphatic rings. The van der Waals surface area contributed by atoms with Gasteiger partial charge in [0.1, 0.15) is 11.6 Å². The number of rotatable bonds is 4. The van der Waals surface area contributed by atoms with Gasteiger partial charge in [0.25, 0.3) is 0 Å². The van der Waals surface area contributed by atoms with Gasteiger partial charge in [-0.05, 0) is 56.9 Å². The second kappa shape index (κ2) is 6.79. The van der Waals surface area contributed by atoms with Crippen molar-refractivity contribution in [1.29, 1.82) is 0 Å². The third-order valence-electron chi connectivity index (χ3n) is 5.60. The average Bonchev–Trinajstić information content (AvgIpc) is 3.32. The van der Waals surface area contributed by atoms with Crippen molar-refractivity contribution in [3.63, 3.8) is 0 Å².